The van der Waals surface area contributed by atoms with Crippen molar-refractivity contribution in [3.05, 3.63) is 22.4 Å². The smallest absolute Gasteiger partial charge is 0.223 e. The summed E-state index contributed by atoms with van der Waals surface area (Å²) in [7, 11) is 0. The molecule has 5 nitrogen and oxygen atoms in total. The number of nitrogens with one attached hydrogen (secondary N) is 1. The second kappa shape index (κ2) is 3.90. The molecule has 0 bridgehead atoms. The molecule has 0 amide bonds. The van der Waals surface area contributed by atoms with Crippen molar-refractivity contribution in [2.75, 3.05) is 11.1 Å². The summed E-state index contributed by atoms with van der Waals surface area (Å²) in [6.45, 7) is 0. The van der Waals surface area contributed by atoms with E-state index in [4.69, 9.17) is 28.9 Å². The van der Waals surface area contributed by atoms with Crippen molar-refractivity contribution in [2.24, 2.45) is 0 Å². The van der Waals surface area contributed by atoms with Crippen LogP contribution in [0.25, 0.3) is 0 Å². The van der Waals surface area contributed by atoms with Crippen LogP contribution in [0.1, 0.15) is 0 Å². The van der Waals surface area contributed by atoms with Crippen molar-refractivity contribution >= 4 is 52.4 Å². The van der Waals surface area contributed by atoms with Gasteiger partial charge < -0.3 is 11.1 Å². The highest BCUT2D eigenvalue weighted by Crippen LogP contribution is 2.45. The lowest BCUT2D eigenvalue weighted by molar-refractivity contribution is 1.06. The molecule has 0 saturated carbocycles. The molecule has 0 radical (unpaired) electrons. The molecule has 3 heterocycles. The van der Waals surface area contributed by atoms with Gasteiger partial charge in [0.2, 0.25) is 5.95 Å². The summed E-state index contributed by atoms with van der Waals surface area (Å²) in [6, 6.07) is 3.53. The number of rotatable bonds is 0. The van der Waals surface area contributed by atoms with Gasteiger partial charge in [-0.05, 0) is 12.1 Å². The topological polar surface area (TPSA) is 76.7 Å². The van der Waals surface area contributed by atoms with Gasteiger partial charge in [-0.15, -0.1) is 0 Å². The Bertz CT molecular complexity index is 619. The summed E-state index contributed by atoms with van der Waals surface area (Å²) in [6.07, 6.45) is 0. The third-order valence-corrected chi connectivity index (χ3v) is 3.81. The number of nitrogens with zero attached hydrogens (tertiary/aromatic N) is 3. The minimum absolute atomic E-state index is 0.132. The number of pyridine rings is 1. The predicted molar refractivity (Wildman–Crippen MR) is 68.1 cm³/mol. The zero-order chi connectivity index (χ0) is 12.0. The average Bonchev–Trinajstić information content (AvgIpc) is 2.27. The fourth-order valence-corrected chi connectivity index (χ4v) is 2.81. The van der Waals surface area contributed by atoms with E-state index in [1.165, 1.54) is 11.8 Å². The molecule has 2 aromatic heterocycles. The van der Waals surface area contributed by atoms with Crippen LogP contribution in [-0.4, -0.2) is 15.0 Å². The SMILES string of the molecule is Nc1nc(Cl)c2c(n1)Nc1ccc(Cl)nc1S2. The Balaban J connectivity index is 2.14. The molecule has 3 N–H and O–H groups in total. The number of fused-ring (bicyclic) bond motifs is 2. The third-order valence-electron chi connectivity index (χ3n) is 2.12. The molecular formula is C9H5Cl2N5S. The molecule has 17 heavy (non-hydrogen) atoms. The van der Waals surface area contributed by atoms with E-state index in [1.807, 2.05) is 6.07 Å². The first-order valence-corrected chi connectivity index (χ1v) is 6.15. The van der Waals surface area contributed by atoms with Gasteiger partial charge in [-0.2, -0.15) is 9.97 Å². The van der Waals surface area contributed by atoms with Crippen molar-refractivity contribution < 1.29 is 0 Å². The summed E-state index contributed by atoms with van der Waals surface area (Å²) in [5.74, 6) is 0.719. The van der Waals surface area contributed by atoms with E-state index in [2.05, 4.69) is 20.3 Å². The second-order valence-electron chi connectivity index (χ2n) is 3.26. The van der Waals surface area contributed by atoms with Gasteiger partial charge in [0, 0.05) is 0 Å². The zero-order valence-electron chi connectivity index (χ0n) is 8.24. The zero-order valence-corrected chi connectivity index (χ0v) is 10.6. The summed E-state index contributed by atoms with van der Waals surface area (Å²) in [5.41, 5.74) is 6.35. The monoisotopic (exact) mass is 285 g/mol. The number of hydrogen-bond donors (Lipinski definition) is 2. The molecule has 3 rings (SSSR count). The minimum atomic E-state index is 0.132. The number of nitrogens with two attached hydrogens (primary N) is 1. The highest BCUT2D eigenvalue weighted by molar-refractivity contribution is 7.99. The molecule has 0 fully saturated rings. The fourth-order valence-electron chi connectivity index (χ4n) is 1.43. The van der Waals surface area contributed by atoms with Crippen LogP contribution >= 0.6 is 35.0 Å². The molecule has 0 saturated heterocycles. The van der Waals surface area contributed by atoms with Gasteiger partial charge in [-0.3, -0.25) is 0 Å². The van der Waals surface area contributed by atoms with E-state index in [0.717, 1.165) is 10.7 Å². The maximum atomic E-state index is 6.00. The first kappa shape index (κ1) is 10.9. The summed E-state index contributed by atoms with van der Waals surface area (Å²) >= 11 is 13.2. The van der Waals surface area contributed by atoms with Crippen molar-refractivity contribution in [1.82, 2.24) is 15.0 Å². The van der Waals surface area contributed by atoms with E-state index < -0.39 is 0 Å². The number of aromatic nitrogens is 3. The Morgan fingerprint density at radius 3 is 2.82 bits per heavy atom. The molecule has 2 aromatic rings. The van der Waals surface area contributed by atoms with Crippen LogP contribution in [0.15, 0.2) is 22.1 Å². The second-order valence-corrected chi connectivity index (χ2v) is 5.01. The van der Waals surface area contributed by atoms with E-state index in [9.17, 15) is 0 Å². The lowest BCUT2D eigenvalue weighted by Crippen LogP contribution is -2.07. The quantitative estimate of drug-likeness (QED) is 0.488. The fraction of sp³-hybridized carbons (Fsp3) is 0. The summed E-state index contributed by atoms with van der Waals surface area (Å²) in [5, 5.41) is 4.56. The van der Waals surface area contributed by atoms with Crippen LogP contribution < -0.4 is 11.1 Å². The van der Waals surface area contributed by atoms with Gasteiger partial charge in [0.15, 0.2) is 11.0 Å². The van der Waals surface area contributed by atoms with E-state index in [-0.39, 0.29) is 5.95 Å². The normalized spacial score (nSPS) is 12.6. The van der Waals surface area contributed by atoms with Gasteiger partial charge in [-0.25, -0.2) is 4.98 Å². The first-order chi connectivity index (χ1) is 8.13. The highest BCUT2D eigenvalue weighted by Gasteiger charge is 2.22. The molecule has 0 atom stereocenters. The molecule has 86 valence electrons. The molecule has 0 unspecified atom stereocenters. The Morgan fingerprint density at radius 2 is 2.00 bits per heavy atom. The van der Waals surface area contributed by atoms with Crippen molar-refractivity contribution in [3.8, 4) is 0 Å². The Morgan fingerprint density at radius 1 is 1.18 bits per heavy atom. The van der Waals surface area contributed by atoms with Crippen LogP contribution in [0.4, 0.5) is 17.5 Å². The number of anilines is 3. The molecule has 0 aromatic carbocycles. The van der Waals surface area contributed by atoms with Gasteiger partial charge in [0.1, 0.15) is 10.2 Å². The number of nitrogen functional groups attached to an aromatic ring is 1. The highest BCUT2D eigenvalue weighted by atomic mass is 35.5. The molecule has 1 aliphatic rings. The lowest BCUT2D eigenvalue weighted by Gasteiger charge is -2.19. The van der Waals surface area contributed by atoms with Crippen LogP contribution in [0.5, 0.6) is 0 Å². The number of hydrogen-bond acceptors (Lipinski definition) is 6. The predicted octanol–water partition coefficient (Wildman–Crippen LogP) is 2.97. The molecule has 0 spiro atoms. The minimum Gasteiger partial charge on any atom is -0.368 e. The Labute approximate surface area is 111 Å². The Kier molecular flexibility index (Phi) is 2.50. The van der Waals surface area contributed by atoms with Crippen molar-refractivity contribution in [2.45, 2.75) is 9.92 Å². The van der Waals surface area contributed by atoms with Gasteiger partial charge >= 0.3 is 0 Å². The standard InChI is InChI=1S/C9H5Cl2N5S/c10-4-2-1-3-8(14-4)17-5-6(11)15-9(12)16-7(5)13-3/h1-2H,(H3,12,13,15,16). The average molecular weight is 286 g/mol. The lowest BCUT2D eigenvalue weighted by atomic mass is 10.4. The van der Waals surface area contributed by atoms with Crippen LogP contribution in [0.2, 0.25) is 10.3 Å². The van der Waals surface area contributed by atoms with Crippen molar-refractivity contribution in [3.63, 3.8) is 0 Å². The van der Waals surface area contributed by atoms with E-state index in [1.54, 1.807) is 6.07 Å². The molecule has 8 heteroatoms. The van der Waals surface area contributed by atoms with Gasteiger partial charge in [0.05, 0.1) is 10.6 Å². The van der Waals surface area contributed by atoms with Gasteiger partial charge in [0.25, 0.3) is 0 Å². The largest absolute Gasteiger partial charge is 0.368 e. The molecular weight excluding hydrogens is 281 g/mol. The first-order valence-electron chi connectivity index (χ1n) is 4.58. The Hall–Kier alpha value is -1.24. The summed E-state index contributed by atoms with van der Waals surface area (Å²) < 4.78 is 0. The van der Waals surface area contributed by atoms with Crippen LogP contribution in [0.3, 0.4) is 0 Å². The van der Waals surface area contributed by atoms with Crippen molar-refractivity contribution in [1.29, 1.82) is 0 Å². The maximum Gasteiger partial charge on any atom is 0.223 e. The van der Waals surface area contributed by atoms with Gasteiger partial charge in [-0.1, -0.05) is 35.0 Å². The van der Waals surface area contributed by atoms with Crippen LogP contribution in [0, 0.1) is 0 Å². The third kappa shape index (κ3) is 1.88. The van der Waals surface area contributed by atoms with E-state index >= 15 is 0 Å². The molecule has 0 aliphatic carbocycles. The maximum absolute atomic E-state index is 6.00. The number of halogens is 2. The van der Waals surface area contributed by atoms with E-state index in [0.29, 0.717) is 21.0 Å². The molecule has 1 aliphatic heterocycles. The van der Waals surface area contributed by atoms with Crippen LogP contribution in [-0.2, 0) is 0 Å². The summed E-state index contributed by atoms with van der Waals surface area (Å²) in [4.78, 5) is 12.9.